The summed E-state index contributed by atoms with van der Waals surface area (Å²) in [5.74, 6) is 1.27. The second kappa shape index (κ2) is 6.58. The van der Waals surface area contributed by atoms with Crippen molar-refractivity contribution in [2.24, 2.45) is 0 Å². The van der Waals surface area contributed by atoms with E-state index in [1.165, 1.54) is 0 Å². The van der Waals surface area contributed by atoms with E-state index >= 15 is 0 Å². The summed E-state index contributed by atoms with van der Waals surface area (Å²) in [6.07, 6.45) is 0. The zero-order chi connectivity index (χ0) is 15.5. The van der Waals surface area contributed by atoms with Crippen molar-refractivity contribution in [3.05, 3.63) is 34.6 Å². The first-order valence-corrected chi connectivity index (χ1v) is 7.97. The van der Waals surface area contributed by atoms with Crippen molar-refractivity contribution < 1.29 is 9.21 Å². The van der Waals surface area contributed by atoms with Crippen LogP contribution in [0.4, 0.5) is 0 Å². The summed E-state index contributed by atoms with van der Waals surface area (Å²) in [7, 11) is 0. The van der Waals surface area contributed by atoms with Gasteiger partial charge in [-0.2, -0.15) is 0 Å². The molecule has 0 atom stereocenters. The van der Waals surface area contributed by atoms with Gasteiger partial charge in [0, 0.05) is 43.1 Å². The Kier molecular flexibility index (Phi) is 4.54. The van der Waals surface area contributed by atoms with Gasteiger partial charge in [0.15, 0.2) is 0 Å². The Morgan fingerprint density at radius 1 is 1.18 bits per heavy atom. The number of piperazine rings is 1. The molecule has 0 spiro atoms. The molecule has 2 heterocycles. The molecule has 116 valence electrons. The van der Waals surface area contributed by atoms with Gasteiger partial charge < -0.3 is 9.32 Å². The minimum Gasteiger partial charge on any atom is -0.419 e. The molecular weight excluding hydrogens is 348 g/mol. The third kappa shape index (κ3) is 3.53. The van der Waals surface area contributed by atoms with Gasteiger partial charge in [-0.3, -0.25) is 9.69 Å². The molecule has 0 bridgehead atoms. The van der Waals surface area contributed by atoms with Crippen molar-refractivity contribution in [3.63, 3.8) is 0 Å². The first-order chi connectivity index (χ1) is 10.6. The fourth-order valence-corrected chi connectivity index (χ4v) is 2.70. The van der Waals surface area contributed by atoms with Crippen LogP contribution in [-0.2, 0) is 11.3 Å². The molecule has 1 aliphatic heterocycles. The summed E-state index contributed by atoms with van der Waals surface area (Å²) in [4.78, 5) is 15.4. The summed E-state index contributed by atoms with van der Waals surface area (Å²) in [6.45, 7) is 5.39. The van der Waals surface area contributed by atoms with Crippen LogP contribution < -0.4 is 0 Å². The minimum absolute atomic E-state index is 0.134. The Morgan fingerprint density at radius 3 is 2.50 bits per heavy atom. The highest BCUT2D eigenvalue weighted by Gasteiger charge is 2.20. The average Bonchev–Trinajstić information content (AvgIpc) is 2.97. The van der Waals surface area contributed by atoms with Gasteiger partial charge in [-0.15, -0.1) is 10.2 Å². The van der Waals surface area contributed by atoms with Crippen LogP contribution in [0.2, 0.25) is 0 Å². The van der Waals surface area contributed by atoms with Crippen molar-refractivity contribution in [2.75, 3.05) is 26.2 Å². The molecule has 0 unspecified atom stereocenters. The van der Waals surface area contributed by atoms with E-state index in [-0.39, 0.29) is 5.91 Å². The van der Waals surface area contributed by atoms with E-state index in [4.69, 9.17) is 4.42 Å². The maximum absolute atomic E-state index is 11.3. The first-order valence-electron chi connectivity index (χ1n) is 7.18. The fraction of sp³-hybridized carbons (Fsp3) is 0.400. The standard InChI is InChI=1S/C15H17BrN4O2/c1-11(21)20-8-6-19(7-9-20)10-14-17-18-15(22-14)12-2-4-13(16)5-3-12/h2-5H,6-10H2,1H3. The molecule has 0 aliphatic carbocycles. The lowest BCUT2D eigenvalue weighted by Crippen LogP contribution is -2.47. The molecule has 1 saturated heterocycles. The van der Waals surface area contributed by atoms with Crippen molar-refractivity contribution in [1.82, 2.24) is 20.0 Å². The number of amides is 1. The quantitative estimate of drug-likeness (QED) is 0.834. The number of hydrogen-bond donors (Lipinski definition) is 0. The highest BCUT2D eigenvalue weighted by molar-refractivity contribution is 9.10. The van der Waals surface area contributed by atoms with Gasteiger partial charge in [-0.05, 0) is 24.3 Å². The van der Waals surface area contributed by atoms with E-state index in [0.717, 1.165) is 36.2 Å². The lowest BCUT2D eigenvalue weighted by Gasteiger charge is -2.33. The normalized spacial score (nSPS) is 16.0. The molecule has 1 aliphatic rings. The van der Waals surface area contributed by atoms with Gasteiger partial charge in [0.1, 0.15) is 0 Å². The molecular formula is C15H17BrN4O2. The maximum Gasteiger partial charge on any atom is 0.247 e. The van der Waals surface area contributed by atoms with Gasteiger partial charge in [0.05, 0.1) is 6.54 Å². The SMILES string of the molecule is CC(=O)N1CCN(Cc2nnc(-c3ccc(Br)cc3)o2)CC1. The van der Waals surface area contributed by atoms with E-state index < -0.39 is 0 Å². The Hall–Kier alpha value is -1.73. The average molecular weight is 365 g/mol. The van der Waals surface area contributed by atoms with Crippen LogP contribution >= 0.6 is 15.9 Å². The van der Waals surface area contributed by atoms with Gasteiger partial charge >= 0.3 is 0 Å². The lowest BCUT2D eigenvalue weighted by molar-refractivity contribution is -0.130. The van der Waals surface area contributed by atoms with Crippen LogP contribution in [0, 0.1) is 0 Å². The lowest BCUT2D eigenvalue weighted by atomic mass is 10.2. The second-order valence-electron chi connectivity index (χ2n) is 5.29. The number of halogens is 1. The van der Waals surface area contributed by atoms with Crippen LogP contribution in [0.1, 0.15) is 12.8 Å². The van der Waals surface area contributed by atoms with Crippen LogP contribution in [0.5, 0.6) is 0 Å². The molecule has 1 fully saturated rings. The molecule has 1 aromatic carbocycles. The number of nitrogens with zero attached hydrogens (tertiary/aromatic N) is 4. The van der Waals surface area contributed by atoms with Crippen LogP contribution in [0.25, 0.3) is 11.5 Å². The van der Waals surface area contributed by atoms with Crippen molar-refractivity contribution in [3.8, 4) is 11.5 Å². The first kappa shape index (κ1) is 15.2. The number of hydrogen-bond acceptors (Lipinski definition) is 5. The summed E-state index contributed by atoms with van der Waals surface area (Å²) >= 11 is 3.40. The van der Waals surface area contributed by atoms with E-state index in [1.807, 2.05) is 29.2 Å². The van der Waals surface area contributed by atoms with E-state index in [1.54, 1.807) is 6.92 Å². The van der Waals surface area contributed by atoms with Crippen LogP contribution in [0.3, 0.4) is 0 Å². The van der Waals surface area contributed by atoms with Crippen molar-refractivity contribution in [1.29, 1.82) is 0 Å². The van der Waals surface area contributed by atoms with Gasteiger partial charge in [-0.1, -0.05) is 15.9 Å². The Labute approximate surface area is 137 Å². The van der Waals surface area contributed by atoms with Crippen LogP contribution in [-0.4, -0.2) is 52.1 Å². The molecule has 6 nitrogen and oxygen atoms in total. The topological polar surface area (TPSA) is 62.5 Å². The van der Waals surface area contributed by atoms with Crippen LogP contribution in [0.15, 0.2) is 33.2 Å². The number of carbonyl (C=O) groups is 1. The highest BCUT2D eigenvalue weighted by Crippen LogP contribution is 2.21. The molecule has 3 rings (SSSR count). The Balaban J connectivity index is 1.60. The second-order valence-corrected chi connectivity index (χ2v) is 6.21. The highest BCUT2D eigenvalue weighted by atomic mass is 79.9. The molecule has 2 aromatic rings. The molecule has 0 radical (unpaired) electrons. The predicted octanol–water partition coefficient (Wildman–Crippen LogP) is 2.16. The smallest absolute Gasteiger partial charge is 0.247 e. The van der Waals surface area contributed by atoms with Gasteiger partial charge in [0.25, 0.3) is 0 Å². The minimum atomic E-state index is 0.134. The van der Waals surface area contributed by atoms with E-state index in [9.17, 15) is 4.79 Å². The van der Waals surface area contributed by atoms with Gasteiger partial charge in [0.2, 0.25) is 17.7 Å². The third-order valence-electron chi connectivity index (χ3n) is 3.73. The largest absolute Gasteiger partial charge is 0.419 e. The fourth-order valence-electron chi connectivity index (χ4n) is 2.44. The molecule has 22 heavy (non-hydrogen) atoms. The Morgan fingerprint density at radius 2 is 1.86 bits per heavy atom. The van der Waals surface area contributed by atoms with E-state index in [0.29, 0.717) is 18.3 Å². The van der Waals surface area contributed by atoms with Crippen molar-refractivity contribution >= 4 is 21.8 Å². The number of rotatable bonds is 3. The van der Waals surface area contributed by atoms with Crippen molar-refractivity contribution in [2.45, 2.75) is 13.5 Å². The number of benzene rings is 1. The summed E-state index contributed by atoms with van der Waals surface area (Å²) in [5.41, 5.74) is 0.906. The zero-order valence-corrected chi connectivity index (χ0v) is 13.9. The maximum atomic E-state index is 11.3. The molecule has 1 aromatic heterocycles. The Bertz CT molecular complexity index is 648. The zero-order valence-electron chi connectivity index (χ0n) is 12.3. The summed E-state index contributed by atoms with van der Waals surface area (Å²) in [5, 5.41) is 8.21. The summed E-state index contributed by atoms with van der Waals surface area (Å²) < 4.78 is 6.74. The van der Waals surface area contributed by atoms with Gasteiger partial charge in [-0.25, -0.2) is 0 Å². The molecule has 1 amide bonds. The predicted molar refractivity (Wildman–Crippen MR) is 85.0 cm³/mol. The number of aromatic nitrogens is 2. The third-order valence-corrected chi connectivity index (χ3v) is 4.26. The number of carbonyl (C=O) groups excluding carboxylic acids is 1. The molecule has 0 N–H and O–H groups in total. The molecule has 7 heteroatoms. The van der Waals surface area contributed by atoms with E-state index in [2.05, 4.69) is 31.0 Å². The molecule has 0 saturated carbocycles. The monoisotopic (exact) mass is 364 g/mol. The summed E-state index contributed by atoms with van der Waals surface area (Å²) in [6, 6.07) is 7.76.